The van der Waals surface area contributed by atoms with Gasteiger partial charge in [0.15, 0.2) is 0 Å². The van der Waals surface area contributed by atoms with Gasteiger partial charge in [-0.25, -0.2) is 4.98 Å². The topological polar surface area (TPSA) is 56.1 Å². The Bertz CT molecular complexity index is 575. The SMILES string of the molecule is COc1ccc2c(c1)nc(CCNC(C)=O)n2C. The number of carbonyl (C=O) groups is 1. The van der Waals surface area contributed by atoms with Gasteiger partial charge in [-0.1, -0.05) is 0 Å². The fourth-order valence-electron chi connectivity index (χ4n) is 1.93. The Morgan fingerprint density at radius 3 is 2.94 bits per heavy atom. The van der Waals surface area contributed by atoms with E-state index in [1.165, 1.54) is 6.92 Å². The Morgan fingerprint density at radius 2 is 2.28 bits per heavy atom. The fourth-order valence-corrected chi connectivity index (χ4v) is 1.93. The van der Waals surface area contributed by atoms with E-state index >= 15 is 0 Å². The lowest BCUT2D eigenvalue weighted by Crippen LogP contribution is -2.23. The number of hydrogen-bond acceptors (Lipinski definition) is 3. The number of aryl methyl sites for hydroxylation is 1. The molecule has 5 nitrogen and oxygen atoms in total. The van der Waals surface area contributed by atoms with Crippen LogP contribution < -0.4 is 10.1 Å². The number of imidazole rings is 1. The van der Waals surface area contributed by atoms with Crippen LogP contribution in [0, 0.1) is 0 Å². The molecule has 0 aliphatic rings. The molecule has 2 rings (SSSR count). The summed E-state index contributed by atoms with van der Waals surface area (Å²) in [5.74, 6) is 1.73. The van der Waals surface area contributed by atoms with Crippen molar-refractivity contribution in [2.45, 2.75) is 13.3 Å². The van der Waals surface area contributed by atoms with E-state index in [-0.39, 0.29) is 5.91 Å². The zero-order valence-corrected chi connectivity index (χ0v) is 10.9. The summed E-state index contributed by atoms with van der Waals surface area (Å²) < 4.78 is 7.22. The van der Waals surface area contributed by atoms with Crippen LogP contribution >= 0.6 is 0 Å². The summed E-state index contributed by atoms with van der Waals surface area (Å²) in [6, 6.07) is 5.82. The third-order valence-electron chi connectivity index (χ3n) is 2.90. The fraction of sp³-hybridized carbons (Fsp3) is 0.385. The molecule has 0 radical (unpaired) electrons. The number of benzene rings is 1. The second-order valence-electron chi connectivity index (χ2n) is 4.17. The lowest BCUT2D eigenvalue weighted by atomic mass is 10.3. The van der Waals surface area contributed by atoms with Gasteiger partial charge >= 0.3 is 0 Å². The number of hydrogen-bond donors (Lipinski definition) is 1. The molecule has 1 amide bonds. The molecule has 0 unspecified atom stereocenters. The highest BCUT2D eigenvalue weighted by Gasteiger charge is 2.08. The third kappa shape index (κ3) is 2.45. The van der Waals surface area contributed by atoms with Crippen LogP contribution in [0.5, 0.6) is 5.75 Å². The highest BCUT2D eigenvalue weighted by Crippen LogP contribution is 2.20. The minimum atomic E-state index is -0.0181. The van der Waals surface area contributed by atoms with Crippen LogP contribution in [0.25, 0.3) is 11.0 Å². The maximum absolute atomic E-state index is 10.8. The minimum Gasteiger partial charge on any atom is -0.497 e. The molecule has 0 aliphatic heterocycles. The van der Waals surface area contributed by atoms with E-state index < -0.39 is 0 Å². The monoisotopic (exact) mass is 247 g/mol. The highest BCUT2D eigenvalue weighted by molar-refractivity contribution is 5.77. The number of methoxy groups -OCH3 is 1. The second-order valence-corrected chi connectivity index (χ2v) is 4.17. The van der Waals surface area contributed by atoms with Crippen LogP contribution in [-0.2, 0) is 18.3 Å². The number of ether oxygens (including phenoxy) is 1. The average molecular weight is 247 g/mol. The average Bonchev–Trinajstić information content (AvgIpc) is 2.65. The maximum atomic E-state index is 10.8. The molecule has 0 aliphatic carbocycles. The van der Waals surface area contributed by atoms with Crippen LogP contribution in [0.4, 0.5) is 0 Å². The zero-order valence-electron chi connectivity index (χ0n) is 10.9. The Morgan fingerprint density at radius 1 is 1.50 bits per heavy atom. The number of carbonyl (C=O) groups excluding carboxylic acids is 1. The lowest BCUT2D eigenvalue weighted by molar-refractivity contribution is -0.118. The molecule has 0 bridgehead atoms. The molecule has 2 aromatic rings. The first kappa shape index (κ1) is 12.4. The number of amides is 1. The molecular weight excluding hydrogens is 230 g/mol. The normalized spacial score (nSPS) is 10.6. The Labute approximate surface area is 106 Å². The van der Waals surface area contributed by atoms with Gasteiger partial charge in [0.1, 0.15) is 11.6 Å². The van der Waals surface area contributed by atoms with Gasteiger partial charge in [0.25, 0.3) is 0 Å². The van der Waals surface area contributed by atoms with E-state index in [1.807, 2.05) is 29.8 Å². The van der Waals surface area contributed by atoms with Crippen LogP contribution in [0.2, 0.25) is 0 Å². The lowest BCUT2D eigenvalue weighted by Gasteiger charge is -2.03. The Kier molecular flexibility index (Phi) is 3.50. The summed E-state index contributed by atoms with van der Waals surface area (Å²) in [4.78, 5) is 15.4. The molecule has 0 fully saturated rings. The molecule has 1 aromatic heterocycles. The van der Waals surface area contributed by atoms with Gasteiger partial charge in [0.2, 0.25) is 5.91 Å². The van der Waals surface area contributed by atoms with Crippen molar-refractivity contribution in [3.8, 4) is 5.75 Å². The van der Waals surface area contributed by atoms with E-state index in [1.54, 1.807) is 7.11 Å². The molecule has 0 atom stereocenters. The molecule has 18 heavy (non-hydrogen) atoms. The smallest absolute Gasteiger partial charge is 0.216 e. The Balaban J connectivity index is 2.23. The van der Waals surface area contributed by atoms with Crippen molar-refractivity contribution < 1.29 is 9.53 Å². The Hall–Kier alpha value is -2.04. The van der Waals surface area contributed by atoms with E-state index in [0.29, 0.717) is 13.0 Å². The third-order valence-corrected chi connectivity index (χ3v) is 2.90. The molecule has 0 saturated heterocycles. The summed E-state index contributed by atoms with van der Waals surface area (Å²) in [5.41, 5.74) is 1.98. The van der Waals surface area contributed by atoms with Crippen molar-refractivity contribution in [3.63, 3.8) is 0 Å². The van der Waals surface area contributed by atoms with Gasteiger partial charge in [0, 0.05) is 33.0 Å². The van der Waals surface area contributed by atoms with Crippen LogP contribution in [0.15, 0.2) is 18.2 Å². The van der Waals surface area contributed by atoms with E-state index in [9.17, 15) is 4.79 Å². The van der Waals surface area contributed by atoms with Crippen LogP contribution in [0.1, 0.15) is 12.7 Å². The number of aromatic nitrogens is 2. The minimum absolute atomic E-state index is 0.0181. The maximum Gasteiger partial charge on any atom is 0.216 e. The van der Waals surface area contributed by atoms with Gasteiger partial charge in [-0.15, -0.1) is 0 Å². The number of nitrogens with one attached hydrogen (secondary N) is 1. The predicted molar refractivity (Wildman–Crippen MR) is 69.7 cm³/mol. The van der Waals surface area contributed by atoms with Crippen LogP contribution in [0.3, 0.4) is 0 Å². The van der Waals surface area contributed by atoms with Gasteiger partial charge in [-0.2, -0.15) is 0 Å². The highest BCUT2D eigenvalue weighted by atomic mass is 16.5. The molecule has 96 valence electrons. The quantitative estimate of drug-likeness (QED) is 0.885. The van der Waals surface area contributed by atoms with Gasteiger partial charge in [-0.05, 0) is 12.1 Å². The number of rotatable bonds is 4. The van der Waals surface area contributed by atoms with Crippen molar-refractivity contribution in [3.05, 3.63) is 24.0 Å². The summed E-state index contributed by atoms with van der Waals surface area (Å²) in [7, 11) is 3.62. The van der Waals surface area contributed by atoms with Gasteiger partial charge < -0.3 is 14.6 Å². The van der Waals surface area contributed by atoms with Crippen molar-refractivity contribution >= 4 is 16.9 Å². The second kappa shape index (κ2) is 5.08. The van der Waals surface area contributed by atoms with Crippen molar-refractivity contribution in [2.75, 3.05) is 13.7 Å². The summed E-state index contributed by atoms with van der Waals surface area (Å²) in [6.45, 7) is 2.11. The first-order valence-corrected chi connectivity index (χ1v) is 5.85. The van der Waals surface area contributed by atoms with E-state index in [0.717, 1.165) is 22.6 Å². The predicted octanol–water partition coefficient (Wildman–Crippen LogP) is 1.26. The molecular formula is C13H17N3O2. The van der Waals surface area contributed by atoms with Gasteiger partial charge in [-0.3, -0.25) is 4.79 Å². The molecule has 1 heterocycles. The largest absolute Gasteiger partial charge is 0.497 e. The molecule has 0 saturated carbocycles. The molecule has 1 N–H and O–H groups in total. The standard InChI is InChI=1S/C13H17N3O2/c1-9(17)14-7-6-13-15-11-8-10(18-3)4-5-12(11)16(13)2/h4-5,8H,6-7H2,1-3H3,(H,14,17). The number of fused-ring (bicyclic) bond motifs is 1. The first-order chi connectivity index (χ1) is 8.61. The van der Waals surface area contributed by atoms with Crippen molar-refractivity contribution in [1.29, 1.82) is 0 Å². The number of nitrogens with zero attached hydrogens (tertiary/aromatic N) is 2. The molecule has 5 heteroatoms. The van der Waals surface area contributed by atoms with Crippen molar-refractivity contribution in [2.24, 2.45) is 7.05 Å². The summed E-state index contributed by atoms with van der Waals surface area (Å²) in [6.07, 6.45) is 0.715. The van der Waals surface area contributed by atoms with E-state index in [2.05, 4.69) is 10.3 Å². The first-order valence-electron chi connectivity index (χ1n) is 5.85. The van der Waals surface area contributed by atoms with Crippen molar-refractivity contribution in [1.82, 2.24) is 14.9 Å². The van der Waals surface area contributed by atoms with Crippen LogP contribution in [-0.4, -0.2) is 29.1 Å². The molecule has 1 aromatic carbocycles. The molecule has 0 spiro atoms. The van der Waals surface area contributed by atoms with Gasteiger partial charge in [0.05, 0.1) is 18.1 Å². The summed E-state index contributed by atoms with van der Waals surface area (Å²) in [5, 5.41) is 2.77. The zero-order chi connectivity index (χ0) is 13.1. The van der Waals surface area contributed by atoms with E-state index in [4.69, 9.17) is 4.74 Å². The summed E-state index contributed by atoms with van der Waals surface area (Å²) >= 11 is 0.